The summed E-state index contributed by atoms with van der Waals surface area (Å²) in [5.74, 6) is 1.55. The number of hydrogen-bond donors (Lipinski definition) is 2. The molecule has 0 aliphatic heterocycles. The monoisotopic (exact) mass is 285 g/mol. The van der Waals surface area contributed by atoms with Crippen LogP contribution in [0.3, 0.4) is 0 Å². The van der Waals surface area contributed by atoms with Crippen LogP contribution in [0.25, 0.3) is 11.0 Å². The summed E-state index contributed by atoms with van der Waals surface area (Å²) in [6, 6.07) is 7.86. The Bertz CT molecular complexity index is 580. The second-order valence-electron chi connectivity index (χ2n) is 6.14. The minimum Gasteiger partial charge on any atom is -0.346 e. The lowest BCUT2D eigenvalue weighted by molar-refractivity contribution is -0.122. The fourth-order valence-electron chi connectivity index (χ4n) is 3.20. The second-order valence-corrected chi connectivity index (χ2v) is 6.14. The van der Waals surface area contributed by atoms with Gasteiger partial charge in [-0.3, -0.25) is 4.79 Å². The summed E-state index contributed by atoms with van der Waals surface area (Å²) >= 11 is 0. The van der Waals surface area contributed by atoms with Crippen molar-refractivity contribution in [3.05, 3.63) is 30.1 Å². The maximum absolute atomic E-state index is 12.2. The minimum atomic E-state index is -0.0755. The van der Waals surface area contributed by atoms with E-state index < -0.39 is 0 Å². The van der Waals surface area contributed by atoms with Crippen LogP contribution in [-0.4, -0.2) is 15.9 Å². The SMILES string of the molecule is CC(NC(=O)CC1CCCCC1)c1nc2ccccc2[nH]1. The highest BCUT2D eigenvalue weighted by molar-refractivity contribution is 5.77. The van der Waals surface area contributed by atoms with Gasteiger partial charge < -0.3 is 10.3 Å². The number of aromatic nitrogens is 2. The zero-order valence-corrected chi connectivity index (χ0v) is 12.6. The molecule has 0 radical (unpaired) electrons. The van der Waals surface area contributed by atoms with Gasteiger partial charge in [-0.2, -0.15) is 0 Å². The zero-order chi connectivity index (χ0) is 14.7. The van der Waals surface area contributed by atoms with Gasteiger partial charge in [0.1, 0.15) is 5.82 Å². The standard InChI is InChI=1S/C17H23N3O/c1-12(17-19-14-9-5-6-10-15(14)20-17)18-16(21)11-13-7-3-2-4-8-13/h5-6,9-10,12-13H,2-4,7-8,11H2,1H3,(H,18,21)(H,19,20). The Balaban J connectivity index is 1.59. The summed E-state index contributed by atoms with van der Waals surface area (Å²) in [4.78, 5) is 20.0. The van der Waals surface area contributed by atoms with E-state index >= 15 is 0 Å². The van der Waals surface area contributed by atoms with E-state index in [1.807, 2.05) is 31.2 Å². The smallest absolute Gasteiger partial charge is 0.220 e. The maximum atomic E-state index is 12.2. The van der Waals surface area contributed by atoms with Crippen molar-refractivity contribution in [2.24, 2.45) is 5.92 Å². The van der Waals surface area contributed by atoms with Crippen LogP contribution in [-0.2, 0) is 4.79 Å². The third-order valence-corrected chi connectivity index (χ3v) is 4.39. The molecule has 2 N–H and O–H groups in total. The Morgan fingerprint density at radius 3 is 2.86 bits per heavy atom. The molecule has 1 fully saturated rings. The first-order valence-corrected chi connectivity index (χ1v) is 7.96. The van der Waals surface area contributed by atoms with Crippen molar-refractivity contribution in [1.29, 1.82) is 0 Å². The second kappa shape index (κ2) is 6.29. The topological polar surface area (TPSA) is 57.8 Å². The van der Waals surface area contributed by atoms with Crippen molar-refractivity contribution in [2.75, 3.05) is 0 Å². The number of hydrogen-bond acceptors (Lipinski definition) is 2. The average molecular weight is 285 g/mol. The molecule has 1 unspecified atom stereocenters. The average Bonchev–Trinajstić information content (AvgIpc) is 2.92. The molecule has 1 atom stereocenters. The number of amides is 1. The van der Waals surface area contributed by atoms with E-state index in [0.29, 0.717) is 12.3 Å². The summed E-state index contributed by atoms with van der Waals surface area (Å²) in [5.41, 5.74) is 1.96. The van der Waals surface area contributed by atoms with Crippen LogP contribution >= 0.6 is 0 Å². The highest BCUT2D eigenvalue weighted by Crippen LogP contribution is 2.26. The van der Waals surface area contributed by atoms with Crippen LogP contribution in [0.2, 0.25) is 0 Å². The molecule has 3 rings (SSSR count). The number of aromatic amines is 1. The molecular weight excluding hydrogens is 262 g/mol. The van der Waals surface area contributed by atoms with E-state index in [1.54, 1.807) is 0 Å². The summed E-state index contributed by atoms with van der Waals surface area (Å²) in [6.45, 7) is 1.98. The van der Waals surface area contributed by atoms with Crippen molar-refractivity contribution in [3.8, 4) is 0 Å². The molecule has 0 spiro atoms. The number of para-hydroxylation sites is 2. The molecule has 2 aromatic rings. The van der Waals surface area contributed by atoms with Gasteiger partial charge in [0, 0.05) is 6.42 Å². The lowest BCUT2D eigenvalue weighted by atomic mass is 9.87. The Labute approximate surface area is 125 Å². The van der Waals surface area contributed by atoms with Crippen LogP contribution in [0.5, 0.6) is 0 Å². The highest BCUT2D eigenvalue weighted by atomic mass is 16.1. The molecule has 112 valence electrons. The third kappa shape index (κ3) is 3.43. The molecule has 0 saturated heterocycles. The van der Waals surface area contributed by atoms with Crippen molar-refractivity contribution in [2.45, 2.75) is 51.5 Å². The Hall–Kier alpha value is -1.84. The molecule has 21 heavy (non-hydrogen) atoms. The summed E-state index contributed by atoms with van der Waals surface area (Å²) in [6.07, 6.45) is 6.94. The molecule has 0 bridgehead atoms. The Kier molecular flexibility index (Phi) is 4.23. The fraction of sp³-hybridized carbons (Fsp3) is 0.529. The molecular formula is C17H23N3O. The predicted molar refractivity (Wildman–Crippen MR) is 83.8 cm³/mol. The number of nitrogens with one attached hydrogen (secondary N) is 2. The molecule has 4 heteroatoms. The summed E-state index contributed by atoms with van der Waals surface area (Å²) in [5, 5.41) is 3.07. The Morgan fingerprint density at radius 1 is 1.33 bits per heavy atom. The number of H-pyrrole nitrogens is 1. The van der Waals surface area contributed by atoms with Crippen LogP contribution in [0, 0.1) is 5.92 Å². The van der Waals surface area contributed by atoms with Crippen LogP contribution in [0.15, 0.2) is 24.3 Å². The first kappa shape index (κ1) is 14.1. The normalized spacial score (nSPS) is 17.8. The third-order valence-electron chi connectivity index (χ3n) is 4.39. The van der Waals surface area contributed by atoms with Gasteiger partial charge in [-0.1, -0.05) is 31.4 Å². The summed E-state index contributed by atoms with van der Waals surface area (Å²) in [7, 11) is 0. The number of carbonyl (C=O) groups excluding carboxylic acids is 1. The van der Waals surface area contributed by atoms with Gasteiger partial charge in [0.25, 0.3) is 0 Å². The van der Waals surface area contributed by atoms with E-state index in [-0.39, 0.29) is 11.9 Å². The van der Waals surface area contributed by atoms with E-state index in [4.69, 9.17) is 0 Å². The van der Waals surface area contributed by atoms with Gasteiger partial charge in [0.15, 0.2) is 0 Å². The number of rotatable bonds is 4. The van der Waals surface area contributed by atoms with Gasteiger partial charge in [-0.05, 0) is 37.8 Å². The van der Waals surface area contributed by atoms with Gasteiger partial charge in [-0.25, -0.2) is 4.98 Å². The minimum absolute atomic E-state index is 0.0755. The lowest BCUT2D eigenvalue weighted by Gasteiger charge is -2.21. The quantitative estimate of drug-likeness (QED) is 0.899. The van der Waals surface area contributed by atoms with Crippen molar-refractivity contribution in [1.82, 2.24) is 15.3 Å². The molecule has 1 saturated carbocycles. The van der Waals surface area contributed by atoms with Gasteiger partial charge in [-0.15, -0.1) is 0 Å². The van der Waals surface area contributed by atoms with Crippen LogP contribution < -0.4 is 5.32 Å². The van der Waals surface area contributed by atoms with E-state index in [1.165, 1.54) is 32.1 Å². The molecule has 1 aromatic heterocycles. The number of benzene rings is 1. The van der Waals surface area contributed by atoms with Crippen molar-refractivity contribution < 1.29 is 4.79 Å². The lowest BCUT2D eigenvalue weighted by Crippen LogP contribution is -2.29. The number of nitrogens with zero attached hydrogens (tertiary/aromatic N) is 1. The maximum Gasteiger partial charge on any atom is 0.220 e. The number of fused-ring (bicyclic) bond motifs is 1. The van der Waals surface area contributed by atoms with Crippen LogP contribution in [0.1, 0.15) is 57.3 Å². The van der Waals surface area contributed by atoms with E-state index in [0.717, 1.165) is 16.9 Å². The van der Waals surface area contributed by atoms with E-state index in [2.05, 4.69) is 15.3 Å². The molecule has 1 aliphatic rings. The van der Waals surface area contributed by atoms with Crippen molar-refractivity contribution >= 4 is 16.9 Å². The van der Waals surface area contributed by atoms with Crippen molar-refractivity contribution in [3.63, 3.8) is 0 Å². The van der Waals surface area contributed by atoms with Gasteiger partial charge in [0.05, 0.1) is 17.1 Å². The molecule has 1 amide bonds. The van der Waals surface area contributed by atoms with Gasteiger partial charge in [0.2, 0.25) is 5.91 Å². The van der Waals surface area contributed by atoms with Gasteiger partial charge >= 0.3 is 0 Å². The molecule has 1 aliphatic carbocycles. The largest absolute Gasteiger partial charge is 0.346 e. The predicted octanol–water partition coefficient (Wildman–Crippen LogP) is 3.71. The van der Waals surface area contributed by atoms with Crippen LogP contribution in [0.4, 0.5) is 0 Å². The highest BCUT2D eigenvalue weighted by Gasteiger charge is 2.19. The molecule has 1 aromatic carbocycles. The molecule has 4 nitrogen and oxygen atoms in total. The van der Waals surface area contributed by atoms with E-state index in [9.17, 15) is 4.79 Å². The summed E-state index contributed by atoms with van der Waals surface area (Å²) < 4.78 is 0. The first-order valence-electron chi connectivity index (χ1n) is 7.96. The number of imidazole rings is 1. The number of carbonyl (C=O) groups is 1. The zero-order valence-electron chi connectivity index (χ0n) is 12.6. The molecule has 1 heterocycles. The first-order chi connectivity index (χ1) is 10.2. The Morgan fingerprint density at radius 2 is 2.10 bits per heavy atom. The fourth-order valence-corrected chi connectivity index (χ4v) is 3.20.